The molecule has 0 N–H and O–H groups in total. The summed E-state index contributed by atoms with van der Waals surface area (Å²) in [5.74, 6) is -2.51. The van der Waals surface area contributed by atoms with Crippen LogP contribution in [0.25, 0.3) is 0 Å². The van der Waals surface area contributed by atoms with Crippen molar-refractivity contribution in [2.24, 2.45) is 17.8 Å². The molecular weight excluding hydrogens is 444 g/mol. The molecule has 3 heterocycles. The second-order valence-electron chi connectivity index (χ2n) is 9.56. The van der Waals surface area contributed by atoms with Crippen LogP contribution in [0, 0.1) is 17.8 Å². The number of carbonyl (C=O) groups excluding carboxylic acids is 2. The van der Waals surface area contributed by atoms with Crippen LogP contribution in [0.2, 0.25) is 0 Å². The number of fused-ring (bicyclic) bond motifs is 5. The first-order chi connectivity index (χ1) is 15.6. The van der Waals surface area contributed by atoms with Crippen LogP contribution < -0.4 is 0 Å². The smallest absolute Gasteiger partial charge is 0.315 e. The van der Waals surface area contributed by atoms with Gasteiger partial charge in [-0.3, -0.25) is 9.59 Å². The second kappa shape index (κ2) is 8.57. The molecule has 0 aromatic heterocycles. The third-order valence-electron chi connectivity index (χ3n) is 7.12. The molecule has 0 saturated carbocycles. The number of halogens is 1. The van der Waals surface area contributed by atoms with Crippen molar-refractivity contribution in [3.63, 3.8) is 0 Å². The van der Waals surface area contributed by atoms with Crippen molar-refractivity contribution in [2.45, 2.75) is 65.0 Å². The fourth-order valence-corrected chi connectivity index (χ4v) is 5.67. The highest BCUT2D eigenvalue weighted by molar-refractivity contribution is 6.45. The molecule has 0 unspecified atom stereocenters. The fourth-order valence-electron chi connectivity index (χ4n) is 5.32. The van der Waals surface area contributed by atoms with Crippen molar-refractivity contribution in [1.29, 1.82) is 0 Å². The summed E-state index contributed by atoms with van der Waals surface area (Å²) in [7, 11) is 1.49. The molecule has 0 aromatic carbocycles. The summed E-state index contributed by atoms with van der Waals surface area (Å²) in [4.78, 5) is 26.5. The normalized spacial score (nSPS) is 37.1. The van der Waals surface area contributed by atoms with Crippen molar-refractivity contribution in [1.82, 2.24) is 0 Å². The van der Waals surface area contributed by atoms with Gasteiger partial charge in [0.1, 0.15) is 23.4 Å². The minimum Gasteiger partial charge on any atom is -0.465 e. The summed E-state index contributed by atoms with van der Waals surface area (Å²) >= 11 is 6.58. The van der Waals surface area contributed by atoms with Crippen LogP contribution in [0.4, 0.5) is 0 Å². The Hall–Kier alpha value is -2.15. The number of hydrogen-bond donors (Lipinski definition) is 0. The van der Waals surface area contributed by atoms with Gasteiger partial charge in [0.05, 0.1) is 11.3 Å². The number of methoxy groups -OCH3 is 1. The number of cyclic esters (lactones) is 1. The lowest BCUT2D eigenvalue weighted by atomic mass is 9.66. The van der Waals surface area contributed by atoms with Crippen molar-refractivity contribution < 1.29 is 28.5 Å². The highest BCUT2D eigenvalue weighted by Gasteiger charge is 2.71. The van der Waals surface area contributed by atoms with E-state index in [0.29, 0.717) is 29.2 Å². The maximum atomic E-state index is 13.5. The van der Waals surface area contributed by atoms with Crippen molar-refractivity contribution >= 4 is 23.4 Å². The first-order valence-electron chi connectivity index (χ1n) is 11.4. The van der Waals surface area contributed by atoms with Crippen LogP contribution >= 0.6 is 11.6 Å². The summed E-state index contributed by atoms with van der Waals surface area (Å²) < 4.78 is 23.5. The number of esters is 1. The molecule has 6 atom stereocenters. The number of ether oxygens (including phenoxy) is 4. The summed E-state index contributed by atoms with van der Waals surface area (Å²) in [5.41, 5.74) is 0.933. The Morgan fingerprint density at radius 3 is 2.76 bits per heavy atom. The number of carbonyl (C=O) groups is 2. The van der Waals surface area contributed by atoms with E-state index in [1.54, 1.807) is 26.2 Å². The molecule has 1 aliphatic carbocycles. The van der Waals surface area contributed by atoms with E-state index in [0.717, 1.165) is 12.0 Å². The van der Waals surface area contributed by atoms with E-state index in [1.165, 1.54) is 7.11 Å². The lowest BCUT2D eigenvalue weighted by molar-refractivity contribution is -0.273. The van der Waals surface area contributed by atoms with Gasteiger partial charge in [0, 0.05) is 30.6 Å². The highest BCUT2D eigenvalue weighted by atomic mass is 35.5. The first-order valence-corrected chi connectivity index (χ1v) is 11.8. The molecule has 0 amide bonds. The van der Waals surface area contributed by atoms with Gasteiger partial charge < -0.3 is 18.9 Å². The van der Waals surface area contributed by atoms with Gasteiger partial charge in [-0.1, -0.05) is 49.6 Å². The Morgan fingerprint density at radius 1 is 1.36 bits per heavy atom. The molecule has 0 spiro atoms. The molecule has 4 rings (SSSR count). The maximum absolute atomic E-state index is 13.5. The molecule has 33 heavy (non-hydrogen) atoms. The molecular formula is C26H31ClO6. The van der Waals surface area contributed by atoms with Crippen LogP contribution in [0.1, 0.15) is 47.5 Å². The van der Waals surface area contributed by atoms with Gasteiger partial charge in [0.25, 0.3) is 0 Å². The summed E-state index contributed by atoms with van der Waals surface area (Å²) in [6.45, 7) is 9.79. The van der Waals surface area contributed by atoms with Gasteiger partial charge in [0.2, 0.25) is 5.78 Å². The number of Topliss-reactive ketones (excluding diaryl/α,β-unsaturated/α-hetero) is 1. The molecule has 3 aliphatic heterocycles. The largest absolute Gasteiger partial charge is 0.465 e. The third-order valence-corrected chi connectivity index (χ3v) is 7.49. The van der Waals surface area contributed by atoms with Gasteiger partial charge in [-0.25, -0.2) is 0 Å². The predicted molar refractivity (Wildman–Crippen MR) is 124 cm³/mol. The zero-order valence-corrected chi connectivity index (χ0v) is 20.7. The standard InChI is InChI=1S/C26H31ClO6/c1-7-14(2)10-15(3)8-9-17-11-18-19(13-31-17)20-21-24(29)32-16(4)12-26(21,30-6)33-25(20,5)23(28)22(18)27/h8-11,13-14,16,20-21H,7,12H2,1-6H3/b9-8+,15-10+/t14-,16+,20-,21+,25+,26+/m1/s1. The van der Waals surface area contributed by atoms with Crippen LogP contribution in [-0.2, 0) is 28.5 Å². The fraction of sp³-hybridized carbons (Fsp3) is 0.538. The summed E-state index contributed by atoms with van der Waals surface area (Å²) in [6.07, 6.45) is 10.3. The van der Waals surface area contributed by atoms with E-state index in [1.807, 2.05) is 19.1 Å². The topological polar surface area (TPSA) is 71.1 Å². The SMILES string of the molecule is CC[C@@H](C)/C=C(C)/C=C/C1=CC2=C(Cl)C(=O)[C@@]3(C)O[C@@]4(OC)C[C@H](C)OC(=O)[C@@H]4[C@H]3C2=CO1. The van der Waals surface area contributed by atoms with Crippen LogP contribution in [-0.4, -0.2) is 36.4 Å². The molecule has 2 fully saturated rings. The Bertz CT molecular complexity index is 1030. The van der Waals surface area contributed by atoms with Gasteiger partial charge >= 0.3 is 5.97 Å². The molecule has 7 heteroatoms. The average molecular weight is 475 g/mol. The number of ketones is 1. The van der Waals surface area contributed by atoms with E-state index in [2.05, 4.69) is 19.9 Å². The van der Waals surface area contributed by atoms with Gasteiger partial charge in [-0.05, 0) is 38.8 Å². The summed E-state index contributed by atoms with van der Waals surface area (Å²) in [5, 5.41) is 0.0624. The Labute approximate surface area is 199 Å². The molecule has 0 bridgehead atoms. The molecule has 0 radical (unpaired) electrons. The van der Waals surface area contributed by atoms with Crippen molar-refractivity contribution in [2.75, 3.05) is 7.11 Å². The van der Waals surface area contributed by atoms with Gasteiger partial charge in [-0.15, -0.1) is 0 Å². The van der Waals surface area contributed by atoms with E-state index in [4.69, 9.17) is 30.5 Å². The van der Waals surface area contributed by atoms with E-state index in [-0.39, 0.29) is 10.8 Å². The predicted octanol–water partition coefficient (Wildman–Crippen LogP) is 5.11. The molecule has 178 valence electrons. The molecule has 4 aliphatic rings. The third kappa shape index (κ3) is 3.82. The van der Waals surface area contributed by atoms with Gasteiger partial charge in [-0.2, -0.15) is 0 Å². The minimum absolute atomic E-state index is 0.0624. The van der Waals surface area contributed by atoms with E-state index >= 15 is 0 Å². The Balaban J connectivity index is 1.72. The van der Waals surface area contributed by atoms with Gasteiger partial charge in [0.15, 0.2) is 5.79 Å². The first kappa shape index (κ1) is 24.0. The van der Waals surface area contributed by atoms with E-state index in [9.17, 15) is 9.59 Å². The molecule has 6 nitrogen and oxygen atoms in total. The lowest BCUT2D eigenvalue weighted by Crippen LogP contribution is -2.51. The van der Waals surface area contributed by atoms with Crippen LogP contribution in [0.3, 0.4) is 0 Å². The Kier molecular flexibility index (Phi) is 6.23. The monoisotopic (exact) mass is 474 g/mol. The van der Waals surface area contributed by atoms with Crippen LogP contribution in [0.5, 0.6) is 0 Å². The lowest BCUT2D eigenvalue weighted by Gasteiger charge is -2.39. The maximum Gasteiger partial charge on any atom is 0.315 e. The zero-order valence-electron chi connectivity index (χ0n) is 19.9. The second-order valence-corrected chi connectivity index (χ2v) is 9.93. The zero-order chi connectivity index (χ0) is 24.1. The number of hydrogen-bond acceptors (Lipinski definition) is 6. The number of allylic oxidation sites excluding steroid dienone is 6. The minimum atomic E-state index is -1.36. The molecule has 0 aromatic rings. The highest BCUT2D eigenvalue weighted by Crippen LogP contribution is 2.60. The van der Waals surface area contributed by atoms with Crippen LogP contribution in [0.15, 0.2) is 58.1 Å². The summed E-state index contributed by atoms with van der Waals surface area (Å²) in [6, 6.07) is 0. The quantitative estimate of drug-likeness (QED) is 0.407. The van der Waals surface area contributed by atoms with Crippen molar-refractivity contribution in [3.8, 4) is 0 Å². The number of rotatable bonds is 5. The Morgan fingerprint density at radius 2 is 2.09 bits per heavy atom. The van der Waals surface area contributed by atoms with E-state index < -0.39 is 35.3 Å². The average Bonchev–Trinajstić information content (AvgIpc) is 3.06. The molecule has 2 saturated heterocycles. The van der Waals surface area contributed by atoms with Crippen molar-refractivity contribution in [3.05, 3.63) is 58.1 Å².